The van der Waals surface area contributed by atoms with E-state index in [1.54, 1.807) is 22.2 Å². The van der Waals surface area contributed by atoms with E-state index in [0.717, 1.165) is 11.4 Å². The van der Waals surface area contributed by atoms with E-state index in [9.17, 15) is 14.7 Å². The number of carbonyl (C=O) groups excluding carboxylic acids is 1. The minimum absolute atomic E-state index is 0.192. The first-order chi connectivity index (χ1) is 9.97. The highest BCUT2D eigenvalue weighted by atomic mass is 32.1. The van der Waals surface area contributed by atoms with Gasteiger partial charge in [-0.1, -0.05) is 6.07 Å². The quantitative estimate of drug-likeness (QED) is 0.853. The predicted molar refractivity (Wildman–Crippen MR) is 79.2 cm³/mol. The molecule has 6 nitrogen and oxygen atoms in total. The molecule has 0 aliphatic carbocycles. The van der Waals surface area contributed by atoms with Crippen LogP contribution in [-0.2, 0) is 16.1 Å². The number of hydrogen-bond acceptors (Lipinski definition) is 4. The van der Waals surface area contributed by atoms with Gasteiger partial charge in [-0.25, -0.2) is 4.79 Å². The fourth-order valence-electron chi connectivity index (χ4n) is 2.05. The molecule has 0 radical (unpaired) electrons. The first-order valence-electron chi connectivity index (χ1n) is 6.54. The number of aromatic nitrogens is 2. The van der Waals surface area contributed by atoms with Crippen molar-refractivity contribution in [3.8, 4) is 0 Å². The molecule has 2 N–H and O–H groups in total. The molecule has 7 heteroatoms. The maximum absolute atomic E-state index is 11.9. The van der Waals surface area contributed by atoms with Gasteiger partial charge in [-0.3, -0.25) is 9.48 Å². The lowest BCUT2D eigenvalue weighted by Gasteiger charge is -2.13. The summed E-state index contributed by atoms with van der Waals surface area (Å²) in [6.45, 7) is 4.24. The average molecular weight is 307 g/mol. The number of rotatable bonds is 6. The van der Waals surface area contributed by atoms with Crippen LogP contribution >= 0.6 is 11.3 Å². The summed E-state index contributed by atoms with van der Waals surface area (Å²) >= 11 is 1.31. The van der Waals surface area contributed by atoms with Gasteiger partial charge in [0.2, 0.25) is 5.91 Å². The zero-order valence-corrected chi connectivity index (χ0v) is 12.7. The lowest BCUT2D eigenvalue weighted by molar-refractivity contribution is -0.142. The molecule has 0 spiro atoms. The summed E-state index contributed by atoms with van der Waals surface area (Å²) in [5.41, 5.74) is 1.88. The van der Waals surface area contributed by atoms with Gasteiger partial charge in [-0.05, 0) is 31.4 Å². The monoisotopic (exact) mass is 307 g/mol. The van der Waals surface area contributed by atoms with E-state index in [0.29, 0.717) is 11.4 Å². The van der Waals surface area contributed by atoms with Gasteiger partial charge in [0.25, 0.3) is 0 Å². The van der Waals surface area contributed by atoms with E-state index in [1.165, 1.54) is 11.3 Å². The largest absolute Gasteiger partial charge is 0.479 e. The summed E-state index contributed by atoms with van der Waals surface area (Å²) in [5, 5.41) is 17.8. The molecule has 1 amide bonds. The number of carboxylic acid groups (broad SMARTS) is 1. The second-order valence-corrected chi connectivity index (χ2v) is 5.73. The van der Waals surface area contributed by atoms with E-state index in [1.807, 2.05) is 19.9 Å². The highest BCUT2D eigenvalue weighted by molar-refractivity contribution is 7.10. The molecule has 0 aliphatic rings. The summed E-state index contributed by atoms with van der Waals surface area (Å²) in [4.78, 5) is 23.8. The van der Waals surface area contributed by atoms with Gasteiger partial charge in [0, 0.05) is 23.5 Å². The van der Waals surface area contributed by atoms with Gasteiger partial charge in [0.05, 0.1) is 5.69 Å². The lowest BCUT2D eigenvalue weighted by atomic mass is 10.2. The Balaban J connectivity index is 1.94. The van der Waals surface area contributed by atoms with E-state index in [2.05, 4.69) is 10.4 Å². The predicted octanol–water partition coefficient (Wildman–Crippen LogP) is 1.89. The molecular weight excluding hydrogens is 290 g/mol. The third-order valence-corrected chi connectivity index (χ3v) is 3.97. The fraction of sp³-hybridized carbons (Fsp3) is 0.357. The van der Waals surface area contributed by atoms with Crippen LogP contribution in [-0.4, -0.2) is 26.8 Å². The topological polar surface area (TPSA) is 84.2 Å². The average Bonchev–Trinajstić information content (AvgIpc) is 3.03. The Morgan fingerprint density at radius 1 is 1.48 bits per heavy atom. The van der Waals surface area contributed by atoms with Crippen LogP contribution in [0.15, 0.2) is 23.6 Å². The number of carboxylic acids is 1. The van der Waals surface area contributed by atoms with Gasteiger partial charge in [-0.15, -0.1) is 11.3 Å². The van der Waals surface area contributed by atoms with Crippen molar-refractivity contribution in [3.63, 3.8) is 0 Å². The Labute approximate surface area is 126 Å². The molecule has 1 atom stereocenters. The Hall–Kier alpha value is -2.15. The first-order valence-corrected chi connectivity index (χ1v) is 7.42. The van der Waals surface area contributed by atoms with Crippen LogP contribution in [0, 0.1) is 13.8 Å². The molecule has 1 unspecified atom stereocenters. The molecule has 0 aromatic carbocycles. The zero-order chi connectivity index (χ0) is 15.4. The van der Waals surface area contributed by atoms with Crippen molar-refractivity contribution in [3.05, 3.63) is 39.8 Å². The number of aliphatic carboxylic acids is 1. The lowest BCUT2D eigenvalue weighted by Crippen LogP contribution is -2.33. The minimum atomic E-state index is -1.06. The number of aryl methyl sites for hydroxylation is 3. The Kier molecular flexibility index (Phi) is 4.74. The standard InChI is InChI=1S/C14H17N3O3S/c1-9-8-10(2)17(16-9)6-5-12(18)15-13(14(19)20)11-4-3-7-21-11/h3-4,7-8,13H,5-6H2,1-2H3,(H,15,18)(H,19,20). The van der Waals surface area contributed by atoms with Gasteiger partial charge in [-0.2, -0.15) is 5.10 Å². The van der Waals surface area contributed by atoms with Crippen LogP contribution in [0.3, 0.4) is 0 Å². The molecule has 0 saturated carbocycles. The zero-order valence-electron chi connectivity index (χ0n) is 11.9. The number of hydrogen-bond donors (Lipinski definition) is 2. The Bertz CT molecular complexity index is 634. The summed E-state index contributed by atoms with van der Waals surface area (Å²) in [6, 6.07) is 4.41. The van der Waals surface area contributed by atoms with Crippen molar-refractivity contribution >= 4 is 23.2 Å². The van der Waals surface area contributed by atoms with Gasteiger partial charge >= 0.3 is 5.97 Å². The van der Waals surface area contributed by atoms with E-state index >= 15 is 0 Å². The van der Waals surface area contributed by atoms with Crippen LogP contribution in [0.2, 0.25) is 0 Å². The fourth-order valence-corrected chi connectivity index (χ4v) is 2.82. The van der Waals surface area contributed by atoms with E-state index in [4.69, 9.17) is 0 Å². The molecular formula is C14H17N3O3S. The number of nitrogens with one attached hydrogen (secondary N) is 1. The van der Waals surface area contributed by atoms with Gasteiger partial charge in [0.1, 0.15) is 0 Å². The normalized spacial score (nSPS) is 12.1. The molecule has 0 fully saturated rings. The number of nitrogens with zero attached hydrogens (tertiary/aromatic N) is 2. The third kappa shape index (κ3) is 3.91. The van der Waals surface area contributed by atoms with Crippen LogP contribution < -0.4 is 5.32 Å². The highest BCUT2D eigenvalue weighted by Gasteiger charge is 2.22. The summed E-state index contributed by atoms with van der Waals surface area (Å²) in [5.74, 6) is -1.36. The van der Waals surface area contributed by atoms with Crippen LogP contribution in [0.1, 0.15) is 28.7 Å². The summed E-state index contributed by atoms with van der Waals surface area (Å²) < 4.78 is 1.75. The van der Waals surface area contributed by atoms with Crippen molar-refractivity contribution in [2.45, 2.75) is 32.9 Å². The minimum Gasteiger partial charge on any atom is -0.479 e. The van der Waals surface area contributed by atoms with Crippen molar-refractivity contribution in [2.24, 2.45) is 0 Å². The second kappa shape index (κ2) is 6.53. The molecule has 21 heavy (non-hydrogen) atoms. The van der Waals surface area contributed by atoms with E-state index in [-0.39, 0.29) is 12.3 Å². The first kappa shape index (κ1) is 15.2. The third-order valence-electron chi connectivity index (χ3n) is 3.03. The van der Waals surface area contributed by atoms with Crippen molar-refractivity contribution in [1.29, 1.82) is 0 Å². The maximum atomic E-state index is 11.9. The molecule has 0 bridgehead atoms. The second-order valence-electron chi connectivity index (χ2n) is 4.75. The van der Waals surface area contributed by atoms with Crippen LogP contribution in [0.25, 0.3) is 0 Å². The summed E-state index contributed by atoms with van der Waals surface area (Å²) in [7, 11) is 0. The molecule has 0 saturated heterocycles. The molecule has 2 aromatic rings. The number of carbonyl (C=O) groups is 2. The maximum Gasteiger partial charge on any atom is 0.331 e. The Morgan fingerprint density at radius 3 is 2.76 bits per heavy atom. The van der Waals surface area contributed by atoms with Crippen LogP contribution in [0.4, 0.5) is 0 Å². The van der Waals surface area contributed by atoms with Crippen molar-refractivity contribution in [2.75, 3.05) is 0 Å². The molecule has 112 valence electrons. The van der Waals surface area contributed by atoms with Gasteiger partial charge in [0.15, 0.2) is 6.04 Å². The molecule has 2 aromatic heterocycles. The SMILES string of the molecule is Cc1cc(C)n(CCC(=O)NC(C(=O)O)c2cccs2)n1. The Morgan fingerprint density at radius 2 is 2.24 bits per heavy atom. The van der Waals surface area contributed by atoms with Crippen molar-refractivity contribution < 1.29 is 14.7 Å². The number of amides is 1. The van der Waals surface area contributed by atoms with E-state index < -0.39 is 12.0 Å². The highest BCUT2D eigenvalue weighted by Crippen LogP contribution is 2.19. The molecule has 0 aliphatic heterocycles. The molecule has 2 heterocycles. The van der Waals surface area contributed by atoms with Crippen LogP contribution in [0.5, 0.6) is 0 Å². The smallest absolute Gasteiger partial charge is 0.331 e. The van der Waals surface area contributed by atoms with Gasteiger partial charge < -0.3 is 10.4 Å². The summed E-state index contributed by atoms with van der Waals surface area (Å²) in [6.07, 6.45) is 0.192. The van der Waals surface area contributed by atoms with Crippen molar-refractivity contribution in [1.82, 2.24) is 15.1 Å². The number of thiophene rings is 1. The molecule has 2 rings (SSSR count).